The summed E-state index contributed by atoms with van der Waals surface area (Å²) in [7, 11) is 0. The second-order valence-corrected chi connectivity index (χ2v) is 7.82. The number of nitrogens with one attached hydrogen (secondary N) is 1. The minimum absolute atomic E-state index is 0. The van der Waals surface area contributed by atoms with E-state index in [4.69, 9.17) is 5.73 Å². The van der Waals surface area contributed by atoms with E-state index in [1.807, 2.05) is 42.2 Å². The van der Waals surface area contributed by atoms with Crippen molar-refractivity contribution in [3.63, 3.8) is 0 Å². The van der Waals surface area contributed by atoms with Gasteiger partial charge in [0.2, 0.25) is 11.8 Å². The molecule has 0 spiro atoms. The first-order valence-corrected chi connectivity index (χ1v) is 9.61. The van der Waals surface area contributed by atoms with E-state index in [0.29, 0.717) is 19.6 Å². The number of nitrogens with zero attached hydrogens (tertiary/aromatic N) is 2. The molecule has 1 saturated heterocycles. The highest BCUT2D eigenvalue weighted by molar-refractivity contribution is 5.92. The normalized spacial score (nSPS) is 25.2. The number of hydrogen-bond acceptors (Lipinski definition) is 4. The molecule has 6 nitrogen and oxygen atoms in total. The Bertz CT molecular complexity index is 634. The molecule has 1 heterocycles. The largest absolute Gasteiger partial charge is 0.340 e. The highest BCUT2D eigenvalue weighted by Gasteiger charge is 2.40. The molecule has 1 aliphatic carbocycles. The topological polar surface area (TPSA) is 78.7 Å². The van der Waals surface area contributed by atoms with Crippen molar-refractivity contribution in [2.24, 2.45) is 11.7 Å². The van der Waals surface area contributed by atoms with Crippen LogP contribution in [0.3, 0.4) is 0 Å². The van der Waals surface area contributed by atoms with E-state index in [1.165, 1.54) is 0 Å². The van der Waals surface area contributed by atoms with E-state index < -0.39 is 0 Å². The van der Waals surface area contributed by atoms with Crippen LogP contribution in [0.15, 0.2) is 30.3 Å². The quantitative estimate of drug-likeness (QED) is 0.768. The average Bonchev–Trinajstić information content (AvgIpc) is 2.62. The van der Waals surface area contributed by atoms with Gasteiger partial charge in [-0.3, -0.25) is 14.5 Å². The zero-order valence-electron chi connectivity index (χ0n) is 16.4. The predicted molar refractivity (Wildman–Crippen MR) is 117 cm³/mol. The Balaban J connectivity index is 0.00000196. The number of rotatable bonds is 4. The first-order valence-electron chi connectivity index (χ1n) is 9.61. The standard InChI is InChI=1S/C20H30N4O2.2ClH/c1-20(21)10-6-5-9-17(20)19(26)24-13-11-23(12-14-24)15-18(25)22-16-7-3-2-4-8-16;;/h2-4,7-8,17H,5-6,9-15,21H2,1H3,(H,22,25);2*1H. The first-order chi connectivity index (χ1) is 12.5. The summed E-state index contributed by atoms with van der Waals surface area (Å²) in [6.45, 7) is 5.16. The second kappa shape index (κ2) is 11.0. The Kier molecular flexibility index (Phi) is 9.70. The Morgan fingerprint density at radius 2 is 1.75 bits per heavy atom. The van der Waals surface area contributed by atoms with E-state index in [-0.39, 0.29) is 48.1 Å². The van der Waals surface area contributed by atoms with Crippen LogP contribution in [-0.2, 0) is 9.59 Å². The maximum Gasteiger partial charge on any atom is 0.238 e. The maximum atomic E-state index is 12.9. The third kappa shape index (κ3) is 6.34. The third-order valence-corrected chi connectivity index (χ3v) is 5.66. The molecule has 1 aliphatic heterocycles. The second-order valence-electron chi connectivity index (χ2n) is 7.82. The van der Waals surface area contributed by atoms with Crippen molar-refractivity contribution >= 4 is 42.3 Å². The average molecular weight is 431 g/mol. The lowest BCUT2D eigenvalue weighted by Gasteiger charge is -2.42. The molecule has 8 heteroatoms. The van der Waals surface area contributed by atoms with Crippen molar-refractivity contribution in [1.29, 1.82) is 0 Å². The number of nitrogens with two attached hydrogens (primary N) is 1. The van der Waals surface area contributed by atoms with Gasteiger partial charge >= 0.3 is 0 Å². The predicted octanol–water partition coefficient (Wildman–Crippen LogP) is 2.52. The third-order valence-electron chi connectivity index (χ3n) is 5.66. The fourth-order valence-electron chi connectivity index (χ4n) is 4.04. The summed E-state index contributed by atoms with van der Waals surface area (Å²) in [6, 6.07) is 9.47. The smallest absolute Gasteiger partial charge is 0.238 e. The molecule has 1 aromatic rings. The number of amides is 2. The molecule has 2 atom stereocenters. The summed E-state index contributed by atoms with van der Waals surface area (Å²) in [4.78, 5) is 29.1. The van der Waals surface area contributed by atoms with Gasteiger partial charge in [0, 0.05) is 37.4 Å². The lowest BCUT2D eigenvalue weighted by Crippen LogP contribution is -2.57. The molecule has 2 amide bonds. The fraction of sp³-hybridized carbons (Fsp3) is 0.600. The maximum absolute atomic E-state index is 12.9. The Morgan fingerprint density at radius 1 is 1.11 bits per heavy atom. The molecular formula is C20H32Cl2N4O2. The van der Waals surface area contributed by atoms with E-state index in [9.17, 15) is 9.59 Å². The van der Waals surface area contributed by atoms with E-state index in [0.717, 1.165) is 44.5 Å². The minimum atomic E-state index is -0.387. The molecule has 0 aromatic heterocycles. The number of para-hydroxylation sites is 1. The van der Waals surface area contributed by atoms with Gasteiger partial charge in [-0.2, -0.15) is 0 Å². The van der Waals surface area contributed by atoms with Crippen LogP contribution in [-0.4, -0.2) is 59.9 Å². The van der Waals surface area contributed by atoms with Gasteiger partial charge < -0.3 is 16.0 Å². The van der Waals surface area contributed by atoms with Crippen LogP contribution >= 0.6 is 24.8 Å². The lowest BCUT2D eigenvalue weighted by atomic mass is 9.74. The lowest BCUT2D eigenvalue weighted by molar-refractivity contribution is -0.140. The number of hydrogen-bond donors (Lipinski definition) is 2. The Labute approximate surface area is 180 Å². The van der Waals surface area contributed by atoms with Crippen LogP contribution in [0.4, 0.5) is 5.69 Å². The van der Waals surface area contributed by atoms with Crippen LogP contribution < -0.4 is 11.1 Å². The van der Waals surface area contributed by atoms with Crippen molar-refractivity contribution < 1.29 is 9.59 Å². The molecule has 1 aromatic carbocycles. The summed E-state index contributed by atoms with van der Waals surface area (Å²) >= 11 is 0. The van der Waals surface area contributed by atoms with Crippen LogP contribution in [0.25, 0.3) is 0 Å². The molecule has 2 fully saturated rings. The molecule has 0 radical (unpaired) electrons. The molecule has 2 aliphatic rings. The number of carbonyl (C=O) groups excluding carboxylic acids is 2. The van der Waals surface area contributed by atoms with Crippen molar-refractivity contribution in [1.82, 2.24) is 9.80 Å². The highest BCUT2D eigenvalue weighted by atomic mass is 35.5. The first kappa shape index (κ1) is 24.7. The Hall–Kier alpha value is -1.34. The monoisotopic (exact) mass is 430 g/mol. The Morgan fingerprint density at radius 3 is 2.36 bits per heavy atom. The fourth-order valence-corrected chi connectivity index (χ4v) is 4.04. The van der Waals surface area contributed by atoms with E-state index in [1.54, 1.807) is 0 Å². The van der Waals surface area contributed by atoms with Gasteiger partial charge in [-0.05, 0) is 31.9 Å². The SMILES string of the molecule is CC1(N)CCCCC1C(=O)N1CCN(CC(=O)Nc2ccccc2)CC1.Cl.Cl. The summed E-state index contributed by atoms with van der Waals surface area (Å²) < 4.78 is 0. The van der Waals surface area contributed by atoms with Crippen molar-refractivity contribution in [2.45, 2.75) is 38.1 Å². The van der Waals surface area contributed by atoms with Gasteiger partial charge in [0.25, 0.3) is 0 Å². The zero-order valence-corrected chi connectivity index (χ0v) is 18.1. The summed E-state index contributed by atoms with van der Waals surface area (Å²) in [5.41, 5.74) is 6.81. The summed E-state index contributed by atoms with van der Waals surface area (Å²) in [5.74, 6) is 0.116. The van der Waals surface area contributed by atoms with Crippen LogP contribution in [0, 0.1) is 5.92 Å². The van der Waals surface area contributed by atoms with Crippen LogP contribution in [0.5, 0.6) is 0 Å². The van der Waals surface area contributed by atoms with Gasteiger partial charge in [-0.25, -0.2) is 0 Å². The molecule has 3 N–H and O–H groups in total. The molecule has 1 saturated carbocycles. The highest BCUT2D eigenvalue weighted by Crippen LogP contribution is 2.33. The van der Waals surface area contributed by atoms with Crippen LogP contribution in [0.2, 0.25) is 0 Å². The van der Waals surface area contributed by atoms with Gasteiger partial charge in [-0.1, -0.05) is 31.0 Å². The van der Waals surface area contributed by atoms with Gasteiger partial charge in [0.15, 0.2) is 0 Å². The molecule has 158 valence electrons. The molecule has 0 bridgehead atoms. The molecule has 2 unspecified atom stereocenters. The number of halogens is 2. The zero-order chi connectivity index (χ0) is 18.6. The van der Waals surface area contributed by atoms with Gasteiger partial charge in [-0.15, -0.1) is 24.8 Å². The van der Waals surface area contributed by atoms with Crippen molar-refractivity contribution in [3.8, 4) is 0 Å². The minimum Gasteiger partial charge on any atom is -0.340 e. The summed E-state index contributed by atoms with van der Waals surface area (Å²) in [6.07, 6.45) is 4.01. The number of piperazine rings is 1. The number of anilines is 1. The van der Waals surface area contributed by atoms with Crippen molar-refractivity contribution in [2.75, 3.05) is 38.0 Å². The molecular weight excluding hydrogens is 399 g/mol. The molecule has 3 rings (SSSR count). The van der Waals surface area contributed by atoms with E-state index >= 15 is 0 Å². The molecule has 28 heavy (non-hydrogen) atoms. The van der Waals surface area contributed by atoms with Gasteiger partial charge in [0.05, 0.1) is 12.5 Å². The number of carbonyl (C=O) groups is 2. The van der Waals surface area contributed by atoms with Crippen molar-refractivity contribution in [3.05, 3.63) is 30.3 Å². The van der Waals surface area contributed by atoms with E-state index in [2.05, 4.69) is 10.2 Å². The summed E-state index contributed by atoms with van der Waals surface area (Å²) in [5, 5.41) is 2.91. The number of benzene rings is 1. The van der Waals surface area contributed by atoms with Crippen LogP contribution in [0.1, 0.15) is 32.6 Å². The van der Waals surface area contributed by atoms with Gasteiger partial charge in [0.1, 0.15) is 0 Å².